The van der Waals surface area contributed by atoms with Crippen molar-refractivity contribution in [2.24, 2.45) is 0 Å². The Balaban J connectivity index is 1.62. The molecule has 0 spiro atoms. The average molecular weight is 324 g/mol. The molecule has 1 heterocycles. The van der Waals surface area contributed by atoms with Gasteiger partial charge in [-0.2, -0.15) is 0 Å². The van der Waals surface area contributed by atoms with Gasteiger partial charge in [-0.1, -0.05) is 30.3 Å². The molecule has 126 valence electrons. The van der Waals surface area contributed by atoms with Crippen molar-refractivity contribution in [1.82, 2.24) is 4.90 Å². The molecule has 0 atom stereocenters. The lowest BCUT2D eigenvalue weighted by Crippen LogP contribution is -2.49. The highest BCUT2D eigenvalue weighted by Crippen LogP contribution is 2.21. The Labute approximate surface area is 143 Å². The van der Waals surface area contributed by atoms with Crippen LogP contribution in [0.15, 0.2) is 48.5 Å². The third kappa shape index (κ3) is 3.60. The van der Waals surface area contributed by atoms with Gasteiger partial charge in [0.2, 0.25) is 0 Å². The minimum Gasteiger partial charge on any atom is -0.380 e. The second-order valence-electron chi connectivity index (χ2n) is 6.20. The van der Waals surface area contributed by atoms with Gasteiger partial charge in [-0.3, -0.25) is 4.79 Å². The Bertz CT molecular complexity index is 689. The summed E-state index contributed by atoms with van der Waals surface area (Å²) in [5, 5.41) is 0. The third-order valence-electron chi connectivity index (χ3n) is 4.53. The van der Waals surface area contributed by atoms with E-state index in [0.29, 0.717) is 6.61 Å². The number of anilines is 1. The number of benzene rings is 2. The van der Waals surface area contributed by atoms with Gasteiger partial charge in [-0.25, -0.2) is 0 Å². The number of ether oxygens (including phenoxy) is 1. The second kappa shape index (κ2) is 7.49. The summed E-state index contributed by atoms with van der Waals surface area (Å²) in [5.74, 6) is 0.114. The molecule has 0 saturated carbocycles. The fourth-order valence-electron chi connectivity index (χ4n) is 3.16. The molecule has 2 aromatic carbocycles. The maximum atomic E-state index is 12.7. The highest BCUT2D eigenvalue weighted by Gasteiger charge is 2.22. The first-order valence-electron chi connectivity index (χ1n) is 8.37. The Kier molecular flexibility index (Phi) is 5.16. The Morgan fingerprint density at radius 2 is 1.67 bits per heavy atom. The van der Waals surface area contributed by atoms with Crippen molar-refractivity contribution in [1.29, 1.82) is 0 Å². The number of piperazine rings is 1. The standard InChI is InChI=1S/C20H24N2O2/c1-16-5-3-4-6-19(16)21-11-13-22(14-12-21)20(23)18-9-7-17(8-10-18)15-24-2/h3-10H,11-15H2,1-2H3. The third-order valence-corrected chi connectivity index (χ3v) is 4.53. The smallest absolute Gasteiger partial charge is 0.253 e. The number of aryl methyl sites for hydroxylation is 1. The van der Waals surface area contributed by atoms with E-state index >= 15 is 0 Å². The summed E-state index contributed by atoms with van der Waals surface area (Å²) in [6.45, 7) is 5.97. The second-order valence-corrected chi connectivity index (χ2v) is 6.20. The molecule has 1 aliphatic rings. The lowest BCUT2D eigenvalue weighted by molar-refractivity contribution is 0.0746. The van der Waals surface area contributed by atoms with Crippen LogP contribution in [0.25, 0.3) is 0 Å². The topological polar surface area (TPSA) is 32.8 Å². The lowest BCUT2D eigenvalue weighted by atomic mass is 10.1. The predicted molar refractivity (Wildman–Crippen MR) is 96.5 cm³/mol. The van der Waals surface area contributed by atoms with Gasteiger partial charge >= 0.3 is 0 Å². The fraction of sp³-hybridized carbons (Fsp3) is 0.350. The average Bonchev–Trinajstić information content (AvgIpc) is 2.63. The molecule has 1 saturated heterocycles. The highest BCUT2D eigenvalue weighted by atomic mass is 16.5. The summed E-state index contributed by atoms with van der Waals surface area (Å²) in [7, 11) is 1.67. The van der Waals surface area contributed by atoms with Crippen LogP contribution in [-0.4, -0.2) is 44.1 Å². The minimum atomic E-state index is 0.114. The van der Waals surface area contributed by atoms with Gasteiger partial charge in [0, 0.05) is 44.5 Å². The first kappa shape index (κ1) is 16.5. The molecule has 0 unspecified atom stereocenters. The van der Waals surface area contributed by atoms with Gasteiger partial charge in [0.1, 0.15) is 0 Å². The molecule has 0 aliphatic carbocycles. The van der Waals surface area contributed by atoms with Gasteiger partial charge in [0.05, 0.1) is 6.61 Å². The minimum absolute atomic E-state index is 0.114. The van der Waals surface area contributed by atoms with Crippen LogP contribution >= 0.6 is 0 Å². The van der Waals surface area contributed by atoms with E-state index in [4.69, 9.17) is 4.74 Å². The van der Waals surface area contributed by atoms with E-state index in [1.165, 1.54) is 11.3 Å². The van der Waals surface area contributed by atoms with E-state index in [-0.39, 0.29) is 5.91 Å². The highest BCUT2D eigenvalue weighted by molar-refractivity contribution is 5.94. The quantitative estimate of drug-likeness (QED) is 0.866. The summed E-state index contributed by atoms with van der Waals surface area (Å²) in [6, 6.07) is 16.1. The maximum Gasteiger partial charge on any atom is 0.253 e. The molecule has 4 nitrogen and oxygen atoms in total. The van der Waals surface area contributed by atoms with Crippen LogP contribution in [-0.2, 0) is 11.3 Å². The zero-order chi connectivity index (χ0) is 16.9. The van der Waals surface area contributed by atoms with Crippen LogP contribution in [0.3, 0.4) is 0 Å². The Morgan fingerprint density at radius 1 is 1.00 bits per heavy atom. The molecule has 1 aliphatic heterocycles. The monoisotopic (exact) mass is 324 g/mol. The molecule has 1 fully saturated rings. The van der Waals surface area contributed by atoms with Crippen molar-refractivity contribution in [3.8, 4) is 0 Å². The van der Waals surface area contributed by atoms with Crippen LogP contribution in [0.4, 0.5) is 5.69 Å². The molecule has 24 heavy (non-hydrogen) atoms. The predicted octanol–water partition coefficient (Wildman–Crippen LogP) is 3.10. The molecule has 0 radical (unpaired) electrons. The number of para-hydroxylation sites is 1. The first-order chi connectivity index (χ1) is 11.7. The number of carbonyl (C=O) groups excluding carboxylic acids is 1. The van der Waals surface area contributed by atoms with E-state index in [0.717, 1.165) is 37.3 Å². The molecule has 0 bridgehead atoms. The zero-order valence-electron chi connectivity index (χ0n) is 14.4. The zero-order valence-corrected chi connectivity index (χ0v) is 14.4. The van der Waals surface area contributed by atoms with Crippen LogP contribution < -0.4 is 4.90 Å². The number of amides is 1. The molecule has 1 amide bonds. The SMILES string of the molecule is COCc1ccc(C(=O)N2CCN(c3ccccc3C)CC2)cc1. The van der Waals surface area contributed by atoms with Crippen molar-refractivity contribution in [3.63, 3.8) is 0 Å². The molecule has 0 aromatic heterocycles. The number of hydrogen-bond acceptors (Lipinski definition) is 3. The first-order valence-corrected chi connectivity index (χ1v) is 8.37. The molecule has 2 aromatic rings. The van der Waals surface area contributed by atoms with E-state index in [1.807, 2.05) is 29.2 Å². The summed E-state index contributed by atoms with van der Waals surface area (Å²) >= 11 is 0. The fourth-order valence-corrected chi connectivity index (χ4v) is 3.16. The number of hydrogen-bond donors (Lipinski definition) is 0. The number of nitrogens with zero attached hydrogens (tertiary/aromatic N) is 2. The normalized spacial score (nSPS) is 14.8. The summed E-state index contributed by atoms with van der Waals surface area (Å²) in [5.41, 5.74) is 4.39. The Morgan fingerprint density at radius 3 is 2.29 bits per heavy atom. The molecule has 4 heteroatoms. The van der Waals surface area contributed by atoms with Crippen LogP contribution in [0.5, 0.6) is 0 Å². The summed E-state index contributed by atoms with van der Waals surface area (Å²) in [6.07, 6.45) is 0. The van der Waals surface area contributed by atoms with Gasteiger partial charge in [-0.15, -0.1) is 0 Å². The van der Waals surface area contributed by atoms with Gasteiger partial charge in [0.25, 0.3) is 5.91 Å². The van der Waals surface area contributed by atoms with Crippen molar-refractivity contribution in [2.75, 3.05) is 38.2 Å². The van der Waals surface area contributed by atoms with Crippen molar-refractivity contribution < 1.29 is 9.53 Å². The Hall–Kier alpha value is -2.33. The molecule has 3 rings (SSSR count). The van der Waals surface area contributed by atoms with Crippen molar-refractivity contribution in [3.05, 3.63) is 65.2 Å². The van der Waals surface area contributed by atoms with Crippen molar-refractivity contribution >= 4 is 11.6 Å². The summed E-state index contributed by atoms with van der Waals surface area (Å²) < 4.78 is 5.11. The van der Waals surface area contributed by atoms with E-state index < -0.39 is 0 Å². The molecular weight excluding hydrogens is 300 g/mol. The maximum absolute atomic E-state index is 12.7. The van der Waals surface area contributed by atoms with Crippen molar-refractivity contribution in [2.45, 2.75) is 13.5 Å². The van der Waals surface area contributed by atoms with Crippen LogP contribution in [0.2, 0.25) is 0 Å². The van der Waals surface area contributed by atoms with E-state index in [1.54, 1.807) is 7.11 Å². The van der Waals surface area contributed by atoms with Gasteiger partial charge < -0.3 is 14.5 Å². The lowest BCUT2D eigenvalue weighted by Gasteiger charge is -2.36. The van der Waals surface area contributed by atoms with E-state index in [2.05, 4.69) is 36.1 Å². The van der Waals surface area contributed by atoms with Gasteiger partial charge in [-0.05, 0) is 36.2 Å². The summed E-state index contributed by atoms with van der Waals surface area (Å²) in [4.78, 5) is 17.0. The van der Waals surface area contributed by atoms with Crippen LogP contribution in [0.1, 0.15) is 21.5 Å². The number of rotatable bonds is 4. The van der Waals surface area contributed by atoms with Gasteiger partial charge in [0.15, 0.2) is 0 Å². The van der Waals surface area contributed by atoms with E-state index in [9.17, 15) is 4.79 Å². The molecular formula is C20H24N2O2. The molecule has 0 N–H and O–H groups in total. The number of carbonyl (C=O) groups is 1. The largest absolute Gasteiger partial charge is 0.380 e. The van der Waals surface area contributed by atoms with Crippen LogP contribution in [0, 0.1) is 6.92 Å². The number of methoxy groups -OCH3 is 1.